The van der Waals surface area contributed by atoms with E-state index in [1.54, 1.807) is 18.2 Å². The first-order valence-corrected chi connectivity index (χ1v) is 11.2. The van der Waals surface area contributed by atoms with E-state index in [4.69, 9.17) is 4.74 Å². The third-order valence-corrected chi connectivity index (χ3v) is 6.78. The Morgan fingerprint density at radius 3 is 2.47 bits per heavy atom. The van der Waals surface area contributed by atoms with Crippen LogP contribution in [0.5, 0.6) is 5.75 Å². The summed E-state index contributed by atoms with van der Waals surface area (Å²) in [6, 6.07) is 11.9. The zero-order valence-electron chi connectivity index (χ0n) is 17.8. The van der Waals surface area contributed by atoms with Crippen molar-refractivity contribution in [3.05, 3.63) is 65.6 Å². The molecule has 2 heterocycles. The number of aromatic nitrogens is 1. The molecular weight excluding hydrogens is 409 g/mol. The molecule has 0 bridgehead atoms. The molecular formula is C26H26FNO4. The van der Waals surface area contributed by atoms with E-state index in [1.807, 2.05) is 18.2 Å². The predicted molar refractivity (Wildman–Crippen MR) is 121 cm³/mol. The van der Waals surface area contributed by atoms with Crippen molar-refractivity contribution in [3.8, 4) is 11.4 Å². The van der Waals surface area contributed by atoms with E-state index in [0.717, 1.165) is 46.3 Å². The topological polar surface area (TPSA) is 71.7 Å². The summed E-state index contributed by atoms with van der Waals surface area (Å²) in [6.07, 6.45) is 5.44. The summed E-state index contributed by atoms with van der Waals surface area (Å²) in [5.74, 6) is -1.01. The third-order valence-electron chi connectivity index (χ3n) is 6.78. The highest BCUT2D eigenvalue weighted by atomic mass is 19.1. The van der Waals surface area contributed by atoms with Crippen molar-refractivity contribution in [2.75, 3.05) is 13.2 Å². The quantitative estimate of drug-likeness (QED) is 0.557. The van der Waals surface area contributed by atoms with Crippen LogP contribution in [0.25, 0.3) is 22.2 Å². The number of benzene rings is 2. The Balaban J connectivity index is 1.78. The number of nitrogens with zero attached hydrogens (tertiary/aromatic N) is 1. The number of hydrogen-bond donors (Lipinski definition) is 2. The number of aliphatic carboxylic acids is 1. The second-order valence-corrected chi connectivity index (χ2v) is 8.67. The third kappa shape index (κ3) is 3.58. The van der Waals surface area contributed by atoms with E-state index >= 15 is 0 Å². The summed E-state index contributed by atoms with van der Waals surface area (Å²) in [5, 5.41) is 21.1. The van der Waals surface area contributed by atoms with Gasteiger partial charge in [-0.1, -0.05) is 12.1 Å². The van der Waals surface area contributed by atoms with E-state index in [-0.39, 0.29) is 23.4 Å². The molecule has 1 unspecified atom stereocenters. The summed E-state index contributed by atoms with van der Waals surface area (Å²) in [6.45, 7) is 1.34. The lowest BCUT2D eigenvalue weighted by atomic mass is 9.83. The van der Waals surface area contributed by atoms with Crippen LogP contribution in [0.4, 0.5) is 4.39 Å². The Labute approximate surface area is 185 Å². The molecule has 0 saturated carbocycles. The van der Waals surface area contributed by atoms with Gasteiger partial charge in [-0.2, -0.15) is 0 Å². The van der Waals surface area contributed by atoms with Crippen LogP contribution in [0.2, 0.25) is 0 Å². The first kappa shape index (κ1) is 20.8. The van der Waals surface area contributed by atoms with E-state index in [9.17, 15) is 19.4 Å². The molecule has 1 fully saturated rings. The second-order valence-electron chi connectivity index (χ2n) is 8.67. The van der Waals surface area contributed by atoms with Crippen LogP contribution in [0.15, 0.2) is 48.5 Å². The highest BCUT2D eigenvalue weighted by molar-refractivity contribution is 6.00. The molecule has 1 aliphatic heterocycles. The van der Waals surface area contributed by atoms with Crippen molar-refractivity contribution in [1.29, 1.82) is 0 Å². The number of phenols is 1. The number of fused-ring (bicyclic) bond motifs is 1. The van der Waals surface area contributed by atoms with Gasteiger partial charge in [0.1, 0.15) is 11.6 Å². The fraction of sp³-hybridized carbons (Fsp3) is 0.346. The average molecular weight is 435 g/mol. The molecule has 0 radical (unpaired) electrons. The van der Waals surface area contributed by atoms with Gasteiger partial charge in [-0.25, -0.2) is 4.39 Å². The van der Waals surface area contributed by atoms with Gasteiger partial charge in [0, 0.05) is 41.5 Å². The molecule has 1 saturated heterocycles. The molecule has 5 rings (SSSR count). The van der Waals surface area contributed by atoms with Crippen LogP contribution in [-0.4, -0.2) is 34.0 Å². The Kier molecular flexibility index (Phi) is 5.47. The van der Waals surface area contributed by atoms with E-state index in [2.05, 4.69) is 4.57 Å². The second kappa shape index (κ2) is 8.43. The highest BCUT2D eigenvalue weighted by Gasteiger charge is 2.31. The number of aromatic hydroxyl groups is 1. The zero-order valence-corrected chi connectivity index (χ0v) is 17.8. The maximum Gasteiger partial charge on any atom is 0.306 e. The van der Waals surface area contributed by atoms with E-state index in [1.165, 1.54) is 12.1 Å². The van der Waals surface area contributed by atoms with Gasteiger partial charge in [0.05, 0.1) is 11.4 Å². The molecule has 2 N–H and O–H groups in total. The van der Waals surface area contributed by atoms with Gasteiger partial charge < -0.3 is 19.5 Å². The summed E-state index contributed by atoms with van der Waals surface area (Å²) in [7, 11) is 0. The molecule has 2 aliphatic rings. The van der Waals surface area contributed by atoms with E-state index < -0.39 is 5.97 Å². The number of phenolic OH excluding ortho intramolecular Hbond substituents is 1. The lowest BCUT2D eigenvalue weighted by Crippen LogP contribution is -2.19. The highest BCUT2D eigenvalue weighted by Crippen LogP contribution is 2.46. The van der Waals surface area contributed by atoms with Gasteiger partial charge in [0.15, 0.2) is 0 Å². The Bertz CT molecular complexity index is 1190. The maximum atomic E-state index is 13.7. The average Bonchev–Trinajstić information content (AvgIpc) is 3.17. The van der Waals surface area contributed by atoms with Crippen LogP contribution in [0.1, 0.15) is 49.3 Å². The Morgan fingerprint density at radius 2 is 1.81 bits per heavy atom. The van der Waals surface area contributed by atoms with Gasteiger partial charge in [0.25, 0.3) is 0 Å². The van der Waals surface area contributed by atoms with Crippen molar-refractivity contribution in [1.82, 2.24) is 4.57 Å². The van der Waals surface area contributed by atoms with Crippen molar-refractivity contribution in [3.63, 3.8) is 0 Å². The minimum atomic E-state index is -0.762. The number of carboxylic acid groups (broad SMARTS) is 1. The van der Waals surface area contributed by atoms with Crippen molar-refractivity contribution < 1.29 is 24.1 Å². The van der Waals surface area contributed by atoms with Gasteiger partial charge in [-0.05, 0) is 74.1 Å². The monoisotopic (exact) mass is 435 g/mol. The standard InChI is InChI=1S/C26H26FNO4/c27-19-8-10-20(11-9-19)28-21-2-1-3-22(29)24(21)23(25(28)17-12-14-32-15-13-17)16-4-6-18(7-5-16)26(30)31/h1-4,8-11,17-18,29H,5-7,12-15H2,(H,30,31). The van der Waals surface area contributed by atoms with Gasteiger partial charge in [0.2, 0.25) is 0 Å². The van der Waals surface area contributed by atoms with E-state index in [0.29, 0.717) is 32.5 Å². The van der Waals surface area contributed by atoms with Gasteiger partial charge in [-0.15, -0.1) is 0 Å². The van der Waals surface area contributed by atoms with Crippen LogP contribution >= 0.6 is 0 Å². The van der Waals surface area contributed by atoms with Crippen molar-refractivity contribution in [2.45, 2.75) is 38.0 Å². The minimum absolute atomic E-state index is 0.202. The summed E-state index contributed by atoms with van der Waals surface area (Å²) >= 11 is 0. The molecule has 1 aliphatic carbocycles. The molecule has 32 heavy (non-hydrogen) atoms. The molecule has 5 nitrogen and oxygen atoms in total. The smallest absolute Gasteiger partial charge is 0.306 e. The van der Waals surface area contributed by atoms with Gasteiger partial charge >= 0.3 is 5.97 Å². The lowest BCUT2D eigenvalue weighted by molar-refractivity contribution is -0.141. The predicted octanol–water partition coefficient (Wildman–Crippen LogP) is 5.64. The SMILES string of the molecule is O=C(O)C1CC=C(c2c(C3CCOCC3)n(-c3ccc(F)cc3)c3cccc(O)c23)CC1. The lowest BCUT2D eigenvalue weighted by Gasteiger charge is -2.27. The van der Waals surface area contributed by atoms with Gasteiger partial charge in [-0.3, -0.25) is 4.79 Å². The summed E-state index contributed by atoms with van der Waals surface area (Å²) in [5.41, 5.74) is 4.88. The number of carboxylic acids is 1. The van der Waals surface area contributed by atoms with Crippen LogP contribution in [-0.2, 0) is 9.53 Å². The molecule has 6 heteroatoms. The van der Waals surface area contributed by atoms with Crippen LogP contribution < -0.4 is 0 Å². The van der Waals surface area contributed by atoms with Crippen LogP contribution in [0, 0.1) is 11.7 Å². The molecule has 1 atom stereocenters. The molecule has 0 spiro atoms. The number of rotatable bonds is 4. The molecule has 3 aromatic rings. The number of hydrogen-bond acceptors (Lipinski definition) is 3. The first-order valence-electron chi connectivity index (χ1n) is 11.2. The Morgan fingerprint density at radius 1 is 1.06 bits per heavy atom. The first-order chi connectivity index (χ1) is 15.5. The number of halogens is 1. The molecule has 1 aromatic heterocycles. The Hall–Kier alpha value is -3.12. The number of allylic oxidation sites excluding steroid dienone is 2. The van der Waals surface area contributed by atoms with Crippen LogP contribution in [0.3, 0.4) is 0 Å². The number of ether oxygens (including phenoxy) is 1. The summed E-state index contributed by atoms with van der Waals surface area (Å²) < 4.78 is 21.5. The summed E-state index contributed by atoms with van der Waals surface area (Å²) in [4.78, 5) is 11.5. The molecule has 0 amide bonds. The fourth-order valence-electron chi connectivity index (χ4n) is 5.18. The number of carbonyl (C=O) groups is 1. The zero-order chi connectivity index (χ0) is 22.2. The molecule has 2 aromatic carbocycles. The minimum Gasteiger partial charge on any atom is -0.507 e. The molecule has 166 valence electrons. The maximum absolute atomic E-state index is 13.7. The van der Waals surface area contributed by atoms with Crippen molar-refractivity contribution in [2.24, 2.45) is 5.92 Å². The largest absolute Gasteiger partial charge is 0.507 e. The normalized spacial score (nSPS) is 19.8. The van der Waals surface area contributed by atoms with Crippen molar-refractivity contribution >= 4 is 22.4 Å². The fourth-order valence-corrected chi connectivity index (χ4v) is 5.18.